The molecule has 1 aromatic rings. The van der Waals surface area contributed by atoms with Crippen LogP contribution in [0, 0.1) is 5.92 Å². The van der Waals surface area contributed by atoms with Crippen LogP contribution in [0.3, 0.4) is 0 Å². The summed E-state index contributed by atoms with van der Waals surface area (Å²) in [5, 5.41) is 21.8. The Morgan fingerprint density at radius 2 is 2.05 bits per heavy atom. The van der Waals surface area contributed by atoms with Gasteiger partial charge in [-0.15, -0.1) is 11.3 Å². The fourth-order valence-corrected chi connectivity index (χ4v) is 2.89. The van der Waals surface area contributed by atoms with E-state index in [-0.39, 0.29) is 19.3 Å². The van der Waals surface area contributed by atoms with Gasteiger partial charge in [0.15, 0.2) is 0 Å². The first-order valence-corrected chi connectivity index (χ1v) is 8.12. The molecule has 1 rings (SSSR count). The van der Waals surface area contributed by atoms with E-state index in [0.717, 1.165) is 6.42 Å². The summed E-state index contributed by atoms with van der Waals surface area (Å²) >= 11 is 1.62. The van der Waals surface area contributed by atoms with Crippen LogP contribution in [-0.4, -0.2) is 33.7 Å². The van der Waals surface area contributed by atoms with Gasteiger partial charge in [0.05, 0.1) is 6.10 Å². The predicted octanol–water partition coefficient (Wildman–Crippen LogP) is 0.550. The third kappa shape index (κ3) is 6.13. The number of amides is 2. The molecule has 1 aromatic heterocycles. The van der Waals surface area contributed by atoms with Crippen molar-refractivity contribution in [2.45, 2.75) is 50.7 Å². The normalized spacial score (nSPS) is 16.7. The van der Waals surface area contributed by atoms with E-state index in [1.54, 1.807) is 11.3 Å². The number of carbonyl (C=O) groups is 2. The molecule has 6 nitrogen and oxygen atoms in total. The molecule has 0 aliphatic heterocycles. The lowest BCUT2D eigenvalue weighted by Crippen LogP contribution is -2.42. The molecule has 0 bridgehead atoms. The molecule has 6 N–H and O–H groups in total. The third-order valence-corrected chi connectivity index (χ3v) is 4.71. The van der Waals surface area contributed by atoms with Gasteiger partial charge in [0, 0.05) is 10.8 Å². The molecular formula is C15H24N2O4S. The van der Waals surface area contributed by atoms with Crippen molar-refractivity contribution in [1.29, 1.82) is 0 Å². The molecule has 0 fully saturated rings. The maximum atomic E-state index is 11.5. The SMILES string of the molecule is CC(O)(CC[C@H](C[C@@H](O)CCc1cccs1)C(N)=O)C(N)=O. The molecule has 0 saturated carbocycles. The number of thiophene rings is 1. The van der Waals surface area contributed by atoms with Crippen molar-refractivity contribution >= 4 is 23.2 Å². The van der Waals surface area contributed by atoms with Gasteiger partial charge in [-0.25, -0.2) is 0 Å². The number of aliphatic hydroxyl groups is 2. The average Bonchev–Trinajstić information content (AvgIpc) is 2.93. The Morgan fingerprint density at radius 1 is 1.36 bits per heavy atom. The summed E-state index contributed by atoms with van der Waals surface area (Å²) in [5.41, 5.74) is 8.75. The molecule has 22 heavy (non-hydrogen) atoms. The second kappa shape index (κ2) is 8.26. The monoisotopic (exact) mass is 328 g/mol. The number of hydrogen-bond acceptors (Lipinski definition) is 5. The topological polar surface area (TPSA) is 127 Å². The summed E-state index contributed by atoms with van der Waals surface area (Å²) in [6, 6.07) is 3.94. The molecule has 1 heterocycles. The first kappa shape index (κ1) is 18.6. The van der Waals surface area contributed by atoms with Gasteiger partial charge in [0.1, 0.15) is 5.60 Å². The highest BCUT2D eigenvalue weighted by atomic mass is 32.1. The molecule has 0 aromatic carbocycles. The fourth-order valence-electron chi connectivity index (χ4n) is 2.16. The van der Waals surface area contributed by atoms with Crippen LogP contribution in [0.1, 0.15) is 37.5 Å². The van der Waals surface area contributed by atoms with Crippen LogP contribution in [0.15, 0.2) is 17.5 Å². The molecule has 2 amide bonds. The standard InChI is InChI=1S/C15H24N2O4S/c1-15(21,14(17)20)7-6-10(13(16)19)9-11(18)4-5-12-3-2-8-22-12/h2-3,8,10-11,18,21H,4-7,9H2,1H3,(H2,16,19)(H2,17,20)/t10-,11+,15?/m1/s1. The second-order valence-corrected chi connectivity index (χ2v) is 6.82. The van der Waals surface area contributed by atoms with Gasteiger partial charge in [-0.3, -0.25) is 9.59 Å². The van der Waals surface area contributed by atoms with Crippen LogP contribution < -0.4 is 11.5 Å². The van der Waals surface area contributed by atoms with Crippen molar-refractivity contribution in [3.63, 3.8) is 0 Å². The number of rotatable bonds is 10. The molecule has 0 saturated heterocycles. The summed E-state index contributed by atoms with van der Waals surface area (Å²) in [4.78, 5) is 23.7. The van der Waals surface area contributed by atoms with E-state index in [1.807, 2.05) is 17.5 Å². The van der Waals surface area contributed by atoms with Gasteiger partial charge in [-0.05, 0) is 50.5 Å². The van der Waals surface area contributed by atoms with E-state index in [2.05, 4.69) is 0 Å². The average molecular weight is 328 g/mol. The second-order valence-electron chi connectivity index (χ2n) is 5.78. The number of aliphatic hydroxyl groups excluding tert-OH is 1. The minimum Gasteiger partial charge on any atom is -0.393 e. The first-order chi connectivity index (χ1) is 10.2. The lowest BCUT2D eigenvalue weighted by Gasteiger charge is -2.23. The Balaban J connectivity index is 2.46. The fraction of sp³-hybridized carbons (Fsp3) is 0.600. The summed E-state index contributed by atoms with van der Waals surface area (Å²) < 4.78 is 0. The first-order valence-electron chi connectivity index (χ1n) is 7.24. The summed E-state index contributed by atoms with van der Waals surface area (Å²) in [6.07, 6.45) is 1.09. The Kier molecular flexibility index (Phi) is 6.99. The van der Waals surface area contributed by atoms with E-state index in [9.17, 15) is 19.8 Å². The third-order valence-electron chi connectivity index (χ3n) is 3.77. The number of nitrogens with two attached hydrogens (primary N) is 2. The van der Waals surface area contributed by atoms with Gasteiger partial charge in [0.25, 0.3) is 0 Å². The quantitative estimate of drug-likeness (QED) is 0.500. The summed E-state index contributed by atoms with van der Waals surface area (Å²) in [7, 11) is 0. The van der Waals surface area contributed by atoms with Crippen LogP contribution in [0.2, 0.25) is 0 Å². The van der Waals surface area contributed by atoms with Crippen LogP contribution >= 0.6 is 11.3 Å². The van der Waals surface area contributed by atoms with E-state index >= 15 is 0 Å². The molecule has 0 aliphatic carbocycles. The predicted molar refractivity (Wildman–Crippen MR) is 85.0 cm³/mol. The van der Waals surface area contributed by atoms with E-state index in [4.69, 9.17) is 11.5 Å². The van der Waals surface area contributed by atoms with Crippen molar-refractivity contribution in [3.8, 4) is 0 Å². The molecule has 124 valence electrons. The maximum absolute atomic E-state index is 11.5. The van der Waals surface area contributed by atoms with Gasteiger partial charge < -0.3 is 21.7 Å². The Morgan fingerprint density at radius 3 is 2.55 bits per heavy atom. The van der Waals surface area contributed by atoms with Gasteiger partial charge >= 0.3 is 0 Å². The molecule has 7 heteroatoms. The number of primary amides is 2. The van der Waals surface area contributed by atoms with E-state index in [1.165, 1.54) is 11.8 Å². The molecule has 0 aliphatic rings. The highest BCUT2D eigenvalue weighted by molar-refractivity contribution is 7.09. The summed E-state index contributed by atoms with van der Waals surface area (Å²) in [5.74, 6) is -1.98. The minimum atomic E-state index is -1.67. The molecular weight excluding hydrogens is 304 g/mol. The van der Waals surface area contributed by atoms with Crippen molar-refractivity contribution in [3.05, 3.63) is 22.4 Å². The van der Waals surface area contributed by atoms with E-state index in [0.29, 0.717) is 6.42 Å². The van der Waals surface area contributed by atoms with Crippen LogP contribution in [0.4, 0.5) is 0 Å². The summed E-state index contributed by atoms with van der Waals surface area (Å²) in [6.45, 7) is 1.31. The van der Waals surface area contributed by atoms with Gasteiger partial charge in [0.2, 0.25) is 11.8 Å². The minimum absolute atomic E-state index is 0.0353. The van der Waals surface area contributed by atoms with Crippen molar-refractivity contribution in [1.82, 2.24) is 0 Å². The zero-order valence-corrected chi connectivity index (χ0v) is 13.5. The lowest BCUT2D eigenvalue weighted by molar-refractivity contribution is -0.136. The van der Waals surface area contributed by atoms with Crippen LogP contribution in [0.5, 0.6) is 0 Å². The Labute approximate surface area is 134 Å². The zero-order valence-electron chi connectivity index (χ0n) is 12.7. The van der Waals surface area contributed by atoms with Crippen LogP contribution in [0.25, 0.3) is 0 Å². The highest BCUT2D eigenvalue weighted by Gasteiger charge is 2.30. The molecule has 0 spiro atoms. The number of carbonyl (C=O) groups excluding carboxylic acids is 2. The van der Waals surface area contributed by atoms with E-state index < -0.39 is 29.4 Å². The van der Waals surface area contributed by atoms with Gasteiger partial charge in [-0.2, -0.15) is 0 Å². The van der Waals surface area contributed by atoms with Crippen molar-refractivity contribution in [2.75, 3.05) is 0 Å². The smallest absolute Gasteiger partial charge is 0.249 e. The Hall–Kier alpha value is -1.44. The highest BCUT2D eigenvalue weighted by Crippen LogP contribution is 2.22. The van der Waals surface area contributed by atoms with Crippen molar-refractivity contribution < 1.29 is 19.8 Å². The van der Waals surface area contributed by atoms with Gasteiger partial charge in [-0.1, -0.05) is 6.07 Å². The van der Waals surface area contributed by atoms with Crippen molar-refractivity contribution in [2.24, 2.45) is 17.4 Å². The largest absolute Gasteiger partial charge is 0.393 e. The molecule has 1 unspecified atom stereocenters. The molecule has 0 radical (unpaired) electrons. The van der Waals surface area contributed by atoms with Crippen LogP contribution in [-0.2, 0) is 16.0 Å². The zero-order chi connectivity index (χ0) is 16.8. The lowest BCUT2D eigenvalue weighted by atomic mass is 9.88. The Bertz CT molecular complexity index is 488. The molecule has 3 atom stereocenters. The number of aryl methyl sites for hydroxylation is 1. The number of hydrogen-bond donors (Lipinski definition) is 4. The maximum Gasteiger partial charge on any atom is 0.249 e.